The molecule has 0 spiro atoms. The summed E-state index contributed by atoms with van der Waals surface area (Å²) in [5.41, 5.74) is 1.90. The van der Waals surface area contributed by atoms with Gasteiger partial charge in [0.25, 0.3) is 0 Å². The van der Waals surface area contributed by atoms with Gasteiger partial charge in [-0.15, -0.1) is 0 Å². The zero-order chi connectivity index (χ0) is 22.1. The highest BCUT2D eigenvalue weighted by Crippen LogP contribution is 2.34. The van der Waals surface area contributed by atoms with E-state index in [1.807, 2.05) is 41.3 Å². The Morgan fingerprint density at radius 1 is 1.06 bits per heavy atom. The number of piperazine rings is 1. The Morgan fingerprint density at radius 2 is 1.84 bits per heavy atom. The number of carbonyl (C=O) groups excluding carboxylic acids is 2. The second kappa shape index (κ2) is 8.70. The maximum atomic E-state index is 13.1. The van der Waals surface area contributed by atoms with Crippen molar-refractivity contribution in [3.8, 4) is 17.2 Å². The lowest BCUT2D eigenvalue weighted by atomic mass is 10.1. The van der Waals surface area contributed by atoms with Crippen LogP contribution in [0.5, 0.6) is 17.2 Å². The van der Waals surface area contributed by atoms with E-state index in [9.17, 15) is 9.59 Å². The van der Waals surface area contributed by atoms with Gasteiger partial charge in [0.05, 0.1) is 18.7 Å². The van der Waals surface area contributed by atoms with Crippen LogP contribution in [0, 0.1) is 5.92 Å². The molecule has 0 radical (unpaired) electrons. The molecule has 168 valence electrons. The van der Waals surface area contributed by atoms with Gasteiger partial charge >= 0.3 is 0 Å². The quantitative estimate of drug-likeness (QED) is 0.714. The van der Waals surface area contributed by atoms with Gasteiger partial charge in [0.2, 0.25) is 18.6 Å². The molecule has 0 N–H and O–H groups in total. The van der Waals surface area contributed by atoms with Crippen molar-refractivity contribution in [3.63, 3.8) is 0 Å². The van der Waals surface area contributed by atoms with Crippen molar-refractivity contribution >= 4 is 17.5 Å². The van der Waals surface area contributed by atoms with E-state index in [0.29, 0.717) is 25.4 Å². The zero-order valence-electron chi connectivity index (χ0n) is 18.2. The first-order chi connectivity index (χ1) is 15.6. The number of ether oxygens (including phenoxy) is 3. The normalized spacial score (nSPS) is 20.7. The molecule has 5 rings (SSSR count). The Hall–Kier alpha value is -3.26. The van der Waals surface area contributed by atoms with Crippen LogP contribution in [0.25, 0.3) is 0 Å². The van der Waals surface area contributed by atoms with Gasteiger partial charge in [0, 0.05) is 45.7 Å². The summed E-state index contributed by atoms with van der Waals surface area (Å²) in [6, 6.07) is 13.5. The summed E-state index contributed by atoms with van der Waals surface area (Å²) in [5.74, 6) is 1.95. The molecular weight excluding hydrogens is 410 g/mol. The highest BCUT2D eigenvalue weighted by Gasteiger charge is 2.38. The fraction of sp³-hybridized carbons (Fsp3) is 0.417. The largest absolute Gasteiger partial charge is 0.495 e. The van der Waals surface area contributed by atoms with Crippen molar-refractivity contribution in [2.75, 3.05) is 51.5 Å². The minimum atomic E-state index is -0.312. The van der Waals surface area contributed by atoms with Gasteiger partial charge in [-0.25, -0.2) is 0 Å². The molecule has 8 nitrogen and oxygen atoms in total. The third-order valence-corrected chi connectivity index (χ3v) is 6.38. The van der Waals surface area contributed by atoms with Crippen LogP contribution in [0.15, 0.2) is 42.5 Å². The van der Waals surface area contributed by atoms with Gasteiger partial charge in [-0.3, -0.25) is 14.5 Å². The molecule has 2 fully saturated rings. The number of amides is 2. The molecule has 32 heavy (non-hydrogen) atoms. The van der Waals surface area contributed by atoms with E-state index in [1.165, 1.54) is 5.56 Å². The van der Waals surface area contributed by atoms with Gasteiger partial charge in [0.1, 0.15) is 5.75 Å². The van der Waals surface area contributed by atoms with Crippen LogP contribution in [0.4, 0.5) is 5.69 Å². The Labute approximate surface area is 187 Å². The van der Waals surface area contributed by atoms with E-state index in [-0.39, 0.29) is 30.9 Å². The molecular formula is C24H27N3O5. The number of carbonyl (C=O) groups is 2. The molecule has 0 aliphatic carbocycles. The summed E-state index contributed by atoms with van der Waals surface area (Å²) in [4.78, 5) is 31.7. The molecule has 1 unspecified atom stereocenters. The van der Waals surface area contributed by atoms with E-state index < -0.39 is 0 Å². The minimum absolute atomic E-state index is 0.0331. The molecule has 0 saturated carbocycles. The molecule has 2 amide bonds. The maximum Gasteiger partial charge on any atom is 0.231 e. The SMILES string of the molecule is COc1ccccc1N1CC(C(=O)N2CCN(Cc3ccc4c(c3)OCO4)CC2)CC1=O. The first-order valence-electron chi connectivity index (χ1n) is 11.0. The highest BCUT2D eigenvalue weighted by molar-refractivity contribution is 6.01. The highest BCUT2D eigenvalue weighted by atomic mass is 16.7. The van der Waals surface area contributed by atoms with Gasteiger partial charge < -0.3 is 24.0 Å². The second-order valence-corrected chi connectivity index (χ2v) is 8.37. The summed E-state index contributed by atoms with van der Waals surface area (Å²) in [5, 5.41) is 0. The number of hydrogen-bond donors (Lipinski definition) is 0. The van der Waals surface area contributed by atoms with Crippen LogP contribution in [-0.2, 0) is 16.1 Å². The standard InChI is InChI=1S/C24H27N3O5/c1-30-20-5-3-2-4-19(20)27-15-18(13-23(27)28)24(29)26-10-8-25(9-11-26)14-17-6-7-21-22(12-17)32-16-31-21/h2-7,12,18H,8-11,13-16H2,1H3. The number of rotatable bonds is 5. The Balaban J connectivity index is 1.16. The molecule has 2 aromatic rings. The van der Waals surface area contributed by atoms with Crippen molar-refractivity contribution in [2.45, 2.75) is 13.0 Å². The number of methoxy groups -OCH3 is 1. The molecule has 3 heterocycles. The van der Waals surface area contributed by atoms with Gasteiger partial charge in [0.15, 0.2) is 11.5 Å². The molecule has 2 saturated heterocycles. The van der Waals surface area contributed by atoms with Crippen molar-refractivity contribution in [3.05, 3.63) is 48.0 Å². The molecule has 0 bridgehead atoms. The Kier molecular flexibility index (Phi) is 5.61. The summed E-state index contributed by atoms with van der Waals surface area (Å²) < 4.78 is 16.2. The molecule has 3 aliphatic heterocycles. The Morgan fingerprint density at radius 3 is 2.66 bits per heavy atom. The van der Waals surface area contributed by atoms with E-state index in [4.69, 9.17) is 14.2 Å². The number of hydrogen-bond acceptors (Lipinski definition) is 6. The predicted molar refractivity (Wildman–Crippen MR) is 118 cm³/mol. The van der Waals surface area contributed by atoms with Crippen molar-refractivity contribution in [1.29, 1.82) is 0 Å². The van der Waals surface area contributed by atoms with E-state index in [0.717, 1.165) is 36.8 Å². The molecule has 3 aliphatic rings. The molecule has 1 atom stereocenters. The van der Waals surface area contributed by atoms with Crippen molar-refractivity contribution < 1.29 is 23.8 Å². The van der Waals surface area contributed by atoms with Crippen LogP contribution >= 0.6 is 0 Å². The van der Waals surface area contributed by atoms with Gasteiger partial charge in [-0.05, 0) is 29.8 Å². The van der Waals surface area contributed by atoms with Crippen molar-refractivity contribution in [2.24, 2.45) is 5.92 Å². The summed E-state index contributed by atoms with van der Waals surface area (Å²) in [7, 11) is 1.59. The lowest BCUT2D eigenvalue weighted by molar-refractivity contribution is -0.137. The average molecular weight is 437 g/mol. The average Bonchev–Trinajstić information content (AvgIpc) is 3.45. The number of anilines is 1. The smallest absolute Gasteiger partial charge is 0.231 e. The zero-order valence-corrected chi connectivity index (χ0v) is 18.2. The molecule has 8 heteroatoms. The number of para-hydroxylation sites is 2. The number of nitrogens with zero attached hydrogens (tertiary/aromatic N) is 3. The maximum absolute atomic E-state index is 13.1. The van der Waals surface area contributed by atoms with Gasteiger partial charge in [-0.2, -0.15) is 0 Å². The van der Waals surface area contributed by atoms with Crippen LogP contribution in [-0.4, -0.2) is 68.2 Å². The van der Waals surface area contributed by atoms with Crippen LogP contribution in [0.1, 0.15) is 12.0 Å². The van der Waals surface area contributed by atoms with Crippen LogP contribution in [0.2, 0.25) is 0 Å². The van der Waals surface area contributed by atoms with E-state index in [1.54, 1.807) is 12.0 Å². The van der Waals surface area contributed by atoms with Crippen LogP contribution in [0.3, 0.4) is 0 Å². The topological polar surface area (TPSA) is 71.6 Å². The third-order valence-electron chi connectivity index (χ3n) is 6.38. The molecule has 0 aromatic heterocycles. The fourth-order valence-electron chi connectivity index (χ4n) is 4.64. The first kappa shape index (κ1) is 20.6. The van der Waals surface area contributed by atoms with E-state index >= 15 is 0 Å². The van der Waals surface area contributed by atoms with E-state index in [2.05, 4.69) is 11.0 Å². The van der Waals surface area contributed by atoms with Crippen molar-refractivity contribution in [1.82, 2.24) is 9.80 Å². The summed E-state index contributed by atoms with van der Waals surface area (Å²) in [6.45, 7) is 4.43. The minimum Gasteiger partial charge on any atom is -0.495 e. The predicted octanol–water partition coefficient (Wildman–Crippen LogP) is 2.12. The first-order valence-corrected chi connectivity index (χ1v) is 11.0. The fourth-order valence-corrected chi connectivity index (χ4v) is 4.64. The summed E-state index contributed by atoms with van der Waals surface area (Å²) in [6.07, 6.45) is 0.244. The molecule has 2 aromatic carbocycles. The second-order valence-electron chi connectivity index (χ2n) is 8.37. The number of benzene rings is 2. The Bertz CT molecular complexity index is 1020. The monoisotopic (exact) mass is 437 g/mol. The number of fused-ring (bicyclic) bond motifs is 1. The summed E-state index contributed by atoms with van der Waals surface area (Å²) >= 11 is 0. The lowest BCUT2D eigenvalue weighted by Crippen LogP contribution is -2.50. The lowest BCUT2D eigenvalue weighted by Gasteiger charge is -2.36. The van der Waals surface area contributed by atoms with Gasteiger partial charge in [-0.1, -0.05) is 18.2 Å². The van der Waals surface area contributed by atoms with Crippen LogP contribution < -0.4 is 19.1 Å². The third kappa shape index (κ3) is 3.98.